The molecule has 0 N–H and O–H groups in total. The third-order valence-electron chi connectivity index (χ3n) is 6.11. The number of esters is 1. The molecule has 0 saturated heterocycles. The lowest BCUT2D eigenvalue weighted by Gasteiger charge is -2.61. The third kappa shape index (κ3) is 2.37. The van der Waals surface area contributed by atoms with E-state index in [1.807, 2.05) is 19.1 Å². The zero-order chi connectivity index (χ0) is 15.2. The highest BCUT2D eigenvalue weighted by atomic mass is 16.5. The molecule has 21 heavy (non-hydrogen) atoms. The van der Waals surface area contributed by atoms with E-state index in [0.29, 0.717) is 23.2 Å². The molecule has 0 aromatic carbocycles. The molecule has 3 fully saturated rings. The second-order valence-corrected chi connectivity index (χ2v) is 7.43. The summed E-state index contributed by atoms with van der Waals surface area (Å²) in [5, 5.41) is 0. The van der Waals surface area contributed by atoms with Crippen molar-refractivity contribution in [3.8, 4) is 0 Å². The van der Waals surface area contributed by atoms with E-state index in [1.54, 1.807) is 12.4 Å². The molecule has 3 aliphatic rings. The molecule has 0 unspecified atom stereocenters. The number of rotatable bonds is 3. The number of hydrogen-bond donors (Lipinski definition) is 0. The Hall–Kier alpha value is -1.38. The Labute approximate surface area is 127 Å². The van der Waals surface area contributed by atoms with Gasteiger partial charge >= 0.3 is 5.97 Å². The van der Waals surface area contributed by atoms with Crippen molar-refractivity contribution in [1.29, 1.82) is 0 Å². The normalized spacial score (nSPS) is 34.7. The first kappa shape index (κ1) is 14.6. The monoisotopic (exact) mass is 287 g/mol. The van der Waals surface area contributed by atoms with E-state index in [0.717, 1.165) is 12.0 Å². The zero-order valence-corrected chi connectivity index (χ0v) is 13.4. The number of pyridine rings is 1. The minimum Gasteiger partial charge on any atom is -0.462 e. The van der Waals surface area contributed by atoms with E-state index >= 15 is 0 Å². The predicted molar refractivity (Wildman–Crippen MR) is 81.7 cm³/mol. The van der Waals surface area contributed by atoms with Gasteiger partial charge in [-0.1, -0.05) is 20.8 Å². The van der Waals surface area contributed by atoms with Gasteiger partial charge in [-0.05, 0) is 60.6 Å². The van der Waals surface area contributed by atoms with Crippen LogP contribution in [0.4, 0.5) is 0 Å². The van der Waals surface area contributed by atoms with Crippen molar-refractivity contribution >= 4 is 5.97 Å². The van der Waals surface area contributed by atoms with Crippen molar-refractivity contribution in [2.24, 2.45) is 23.2 Å². The minimum atomic E-state index is -0.216. The second-order valence-electron chi connectivity index (χ2n) is 7.43. The molecule has 0 spiro atoms. The molecule has 3 heteroatoms. The van der Waals surface area contributed by atoms with Gasteiger partial charge in [-0.15, -0.1) is 0 Å². The lowest BCUT2D eigenvalue weighted by atomic mass is 9.45. The van der Waals surface area contributed by atoms with E-state index in [1.165, 1.54) is 6.42 Å². The predicted octanol–water partition coefficient (Wildman–Crippen LogP) is 3.80. The highest BCUT2D eigenvalue weighted by molar-refractivity contribution is 5.77. The van der Waals surface area contributed by atoms with Gasteiger partial charge in [-0.3, -0.25) is 9.78 Å². The fourth-order valence-electron chi connectivity index (χ4n) is 4.30. The van der Waals surface area contributed by atoms with E-state index in [9.17, 15) is 4.79 Å². The van der Waals surface area contributed by atoms with Crippen LogP contribution in [0.2, 0.25) is 0 Å². The first-order valence-corrected chi connectivity index (χ1v) is 8.01. The van der Waals surface area contributed by atoms with Crippen LogP contribution in [0.3, 0.4) is 0 Å². The highest BCUT2D eigenvalue weighted by Crippen LogP contribution is 2.61. The number of aromatic nitrogens is 1. The summed E-state index contributed by atoms with van der Waals surface area (Å²) in [5.41, 5.74) is 1.41. The fraction of sp³-hybridized carbons (Fsp3) is 0.667. The summed E-state index contributed by atoms with van der Waals surface area (Å²) in [6, 6.07) is 3.77. The van der Waals surface area contributed by atoms with Crippen molar-refractivity contribution in [2.75, 3.05) is 0 Å². The molecule has 0 aliphatic heterocycles. The Bertz CT molecular complexity index is 525. The maximum absolute atomic E-state index is 12.4. The lowest BCUT2D eigenvalue weighted by Crippen LogP contribution is -2.57. The number of carbonyl (C=O) groups is 1. The molecule has 114 valence electrons. The Morgan fingerprint density at radius 2 is 2.00 bits per heavy atom. The lowest BCUT2D eigenvalue weighted by molar-refractivity contribution is -0.187. The van der Waals surface area contributed by atoms with Gasteiger partial charge < -0.3 is 4.74 Å². The van der Waals surface area contributed by atoms with Gasteiger partial charge in [-0.2, -0.15) is 0 Å². The zero-order valence-electron chi connectivity index (χ0n) is 13.4. The second kappa shape index (κ2) is 5.11. The molecular weight excluding hydrogens is 262 g/mol. The van der Waals surface area contributed by atoms with Crippen LogP contribution in [0.25, 0.3) is 0 Å². The third-order valence-corrected chi connectivity index (χ3v) is 6.11. The Morgan fingerprint density at radius 1 is 1.33 bits per heavy atom. The molecular formula is C18H25NO2. The van der Waals surface area contributed by atoms with Crippen LogP contribution < -0.4 is 0 Å². The van der Waals surface area contributed by atoms with Crippen molar-refractivity contribution in [1.82, 2.24) is 4.98 Å². The van der Waals surface area contributed by atoms with Crippen LogP contribution in [0, 0.1) is 23.2 Å². The van der Waals surface area contributed by atoms with Crippen molar-refractivity contribution in [3.63, 3.8) is 0 Å². The summed E-state index contributed by atoms with van der Waals surface area (Å²) >= 11 is 0. The van der Waals surface area contributed by atoms with Crippen LogP contribution >= 0.6 is 0 Å². The standard InChI is InChI=1S/C18H25NO2/c1-11(13-5-7-19-8-6-13)17(20)21-16-10-14-9-15(12(16)2)18(14,3)4/h5-8,11-12,14-16H,9-10H2,1-4H3/t11-,12-,14+,15-,16+/m0/s1. The minimum absolute atomic E-state index is 0.0959. The number of carbonyl (C=O) groups excluding carboxylic acids is 1. The quantitative estimate of drug-likeness (QED) is 0.794. The largest absolute Gasteiger partial charge is 0.462 e. The molecule has 3 nitrogen and oxygen atoms in total. The molecule has 4 rings (SSSR count). The van der Waals surface area contributed by atoms with E-state index in [4.69, 9.17) is 4.74 Å². The number of ether oxygens (including phenoxy) is 1. The molecule has 3 aliphatic carbocycles. The van der Waals surface area contributed by atoms with Crippen LogP contribution in [-0.4, -0.2) is 17.1 Å². The van der Waals surface area contributed by atoms with Gasteiger partial charge in [0.15, 0.2) is 0 Å². The van der Waals surface area contributed by atoms with Gasteiger partial charge in [0.05, 0.1) is 5.92 Å². The summed E-state index contributed by atoms with van der Waals surface area (Å²) in [6.07, 6.45) is 5.88. The molecule has 5 atom stereocenters. The van der Waals surface area contributed by atoms with Gasteiger partial charge in [-0.25, -0.2) is 0 Å². The van der Waals surface area contributed by atoms with Gasteiger partial charge in [0.25, 0.3) is 0 Å². The molecule has 3 saturated carbocycles. The Balaban J connectivity index is 1.64. The van der Waals surface area contributed by atoms with Crippen molar-refractivity contribution in [2.45, 2.75) is 52.6 Å². The Morgan fingerprint density at radius 3 is 2.57 bits per heavy atom. The van der Waals surface area contributed by atoms with Gasteiger partial charge in [0.2, 0.25) is 0 Å². The smallest absolute Gasteiger partial charge is 0.313 e. The number of fused-ring (bicyclic) bond motifs is 2. The van der Waals surface area contributed by atoms with E-state index in [-0.39, 0.29) is 18.0 Å². The molecule has 0 amide bonds. The number of hydrogen-bond acceptors (Lipinski definition) is 3. The van der Waals surface area contributed by atoms with Gasteiger partial charge in [0.1, 0.15) is 6.10 Å². The molecule has 1 aromatic rings. The number of nitrogens with zero attached hydrogens (tertiary/aromatic N) is 1. The fourth-order valence-corrected chi connectivity index (χ4v) is 4.30. The molecule has 2 bridgehead atoms. The van der Waals surface area contributed by atoms with Gasteiger partial charge in [0, 0.05) is 12.4 Å². The maximum atomic E-state index is 12.4. The summed E-state index contributed by atoms with van der Waals surface area (Å²) < 4.78 is 5.85. The summed E-state index contributed by atoms with van der Waals surface area (Å²) in [7, 11) is 0. The van der Waals surface area contributed by atoms with Crippen LogP contribution in [-0.2, 0) is 9.53 Å². The van der Waals surface area contributed by atoms with Crippen molar-refractivity contribution < 1.29 is 9.53 Å². The average Bonchev–Trinajstić information content (AvgIpc) is 2.48. The van der Waals surface area contributed by atoms with E-state index in [2.05, 4.69) is 25.8 Å². The summed E-state index contributed by atoms with van der Waals surface area (Å²) in [4.78, 5) is 16.4. The summed E-state index contributed by atoms with van der Waals surface area (Å²) in [5.74, 6) is 1.57. The topological polar surface area (TPSA) is 39.2 Å². The first-order valence-electron chi connectivity index (χ1n) is 8.01. The average molecular weight is 287 g/mol. The molecule has 1 aromatic heterocycles. The van der Waals surface area contributed by atoms with Crippen LogP contribution in [0.5, 0.6) is 0 Å². The van der Waals surface area contributed by atoms with Crippen LogP contribution in [0.15, 0.2) is 24.5 Å². The van der Waals surface area contributed by atoms with Crippen molar-refractivity contribution in [3.05, 3.63) is 30.1 Å². The highest BCUT2D eigenvalue weighted by Gasteiger charge is 2.57. The maximum Gasteiger partial charge on any atom is 0.313 e. The molecule has 1 heterocycles. The Kier molecular flexibility index (Phi) is 3.54. The van der Waals surface area contributed by atoms with E-state index < -0.39 is 0 Å². The molecule has 0 radical (unpaired) electrons. The SMILES string of the molecule is C[C@@H]1[C@H](OC(=O)[C@@H](C)c2ccncc2)C[C@H]2C[C@@H]1C2(C)C. The summed E-state index contributed by atoms with van der Waals surface area (Å²) in [6.45, 7) is 8.88. The first-order chi connectivity index (χ1) is 9.91. The van der Waals surface area contributed by atoms with Crippen LogP contribution in [0.1, 0.15) is 52.0 Å².